The number of ether oxygens (including phenoxy) is 1. The van der Waals surface area contributed by atoms with Crippen LogP contribution in [0.15, 0.2) is 5.34 Å². The minimum absolute atomic E-state index is 0.0903. The third kappa shape index (κ3) is 10.9. The normalized spacial score (nSPS) is 18.6. The Hall–Kier alpha value is -1.08. The number of rotatable bonds is 2. The van der Waals surface area contributed by atoms with Crippen LogP contribution in [0.4, 0.5) is 0 Å². The minimum atomic E-state index is -0.0903. The Kier molecular flexibility index (Phi) is 15.0. The van der Waals surface area contributed by atoms with Crippen molar-refractivity contribution in [3.05, 3.63) is 4.91 Å². The summed E-state index contributed by atoms with van der Waals surface area (Å²) in [6.45, 7) is 5.44. The fraction of sp³-hybridized carbons (Fsp3) is 0.778. The Bertz CT molecular complexity index is 119. The zero-order valence-electron chi connectivity index (χ0n) is 8.23. The van der Waals surface area contributed by atoms with Crippen LogP contribution in [-0.4, -0.2) is 19.3 Å². The van der Waals surface area contributed by atoms with Crippen LogP contribution in [-0.2, 0) is 9.57 Å². The molecule has 0 bridgehead atoms. The lowest BCUT2D eigenvalue weighted by atomic mass is 10.3. The molecule has 4 heteroatoms. The first-order chi connectivity index (χ1) is 6.35. The van der Waals surface area contributed by atoms with Gasteiger partial charge < -0.3 is 9.57 Å². The van der Waals surface area contributed by atoms with Crippen molar-refractivity contribution in [3.8, 4) is 12.8 Å². The molecule has 13 heavy (non-hydrogen) atoms. The van der Waals surface area contributed by atoms with E-state index < -0.39 is 0 Å². The number of nitrogens with zero attached hydrogens (tertiary/aromatic N) is 1. The molecule has 4 nitrogen and oxygen atoms in total. The molecule has 0 radical (unpaired) electrons. The second kappa shape index (κ2) is 13.5. The molecule has 1 heterocycles. The van der Waals surface area contributed by atoms with E-state index in [1.807, 2.05) is 0 Å². The zero-order chi connectivity index (χ0) is 10.5. The van der Waals surface area contributed by atoms with Crippen LogP contribution in [0, 0.1) is 17.8 Å². The minimum Gasteiger partial charge on any atom is -0.377 e. The molecule has 1 aliphatic heterocycles. The van der Waals surface area contributed by atoms with E-state index in [2.05, 4.69) is 36.9 Å². The predicted octanol–water partition coefficient (Wildman–Crippen LogP) is 2.14. The lowest BCUT2D eigenvalue weighted by Crippen LogP contribution is -2.07. The van der Waals surface area contributed by atoms with E-state index in [4.69, 9.17) is 4.74 Å². The molecular weight excluding hydrogens is 170 g/mol. The summed E-state index contributed by atoms with van der Waals surface area (Å²) in [5.74, 6) is 0. The Balaban J connectivity index is 0. The van der Waals surface area contributed by atoms with E-state index in [0.717, 1.165) is 6.42 Å². The van der Waals surface area contributed by atoms with Crippen LogP contribution in [0.1, 0.15) is 26.7 Å². The molecule has 1 saturated heterocycles. The van der Waals surface area contributed by atoms with Crippen molar-refractivity contribution in [2.24, 2.45) is 5.34 Å². The lowest BCUT2D eigenvalue weighted by molar-refractivity contribution is 0.0443. The predicted molar refractivity (Wildman–Crippen MR) is 52.0 cm³/mol. The highest BCUT2D eigenvalue weighted by Crippen LogP contribution is 2.07. The molecule has 1 fully saturated rings. The van der Waals surface area contributed by atoms with E-state index in [-0.39, 0.29) is 6.10 Å². The van der Waals surface area contributed by atoms with Gasteiger partial charge in [-0.05, 0) is 0 Å². The molecule has 0 aromatic carbocycles. The highest BCUT2D eigenvalue weighted by molar-refractivity contribution is 4.61. The van der Waals surface area contributed by atoms with Gasteiger partial charge in [0.15, 0.2) is 11.4 Å². The second-order valence-electron chi connectivity index (χ2n) is 2.37. The van der Waals surface area contributed by atoms with Gasteiger partial charge >= 0.3 is 0 Å². The smallest absolute Gasteiger partial charge is 0.156 e. The molecule has 0 aromatic heterocycles. The van der Waals surface area contributed by atoms with Crippen LogP contribution < -0.4 is 0 Å². The van der Waals surface area contributed by atoms with Crippen LogP contribution in [0.25, 0.3) is 0 Å². The van der Waals surface area contributed by atoms with Gasteiger partial charge in [-0.25, -0.2) is 0 Å². The quantitative estimate of drug-likeness (QED) is 0.378. The monoisotopic (exact) mass is 187 g/mol. The molecule has 76 valence electrons. The number of hydrogen-bond donors (Lipinski definition) is 0. The molecule has 1 atom stereocenters. The maximum Gasteiger partial charge on any atom is 0.156 e. The summed E-state index contributed by atoms with van der Waals surface area (Å²) >= 11 is 0. The topological polar surface area (TPSA) is 47.9 Å². The van der Waals surface area contributed by atoms with Crippen molar-refractivity contribution in [2.45, 2.75) is 32.8 Å². The molecular formula is C9H17NO3. The third-order valence-corrected chi connectivity index (χ3v) is 1.08. The maximum atomic E-state index is 9.43. The molecule has 0 spiro atoms. The molecule has 0 N–H and O–H groups in total. The van der Waals surface area contributed by atoms with E-state index in [0.29, 0.717) is 13.2 Å². The van der Waals surface area contributed by atoms with Gasteiger partial charge in [0.25, 0.3) is 0 Å². The number of hydrogen-bond acceptors (Lipinski definition) is 4. The first-order valence-corrected chi connectivity index (χ1v) is 4.24. The van der Waals surface area contributed by atoms with Gasteiger partial charge in [-0.15, -0.1) is 17.8 Å². The van der Waals surface area contributed by atoms with Gasteiger partial charge in [0.2, 0.25) is 0 Å². The molecule has 0 amide bonds. The van der Waals surface area contributed by atoms with Gasteiger partial charge in [0.1, 0.15) is 0 Å². The third-order valence-electron chi connectivity index (χ3n) is 1.08. The van der Waals surface area contributed by atoms with Gasteiger partial charge in [-0.2, -0.15) is 0 Å². The molecule has 1 aliphatic rings. The fourth-order valence-electron chi connectivity index (χ4n) is 0.657. The van der Waals surface area contributed by atoms with Crippen molar-refractivity contribution in [2.75, 3.05) is 13.2 Å². The van der Waals surface area contributed by atoms with Gasteiger partial charge in [-0.1, -0.05) is 20.3 Å². The van der Waals surface area contributed by atoms with Crippen LogP contribution in [0.2, 0.25) is 0 Å². The van der Waals surface area contributed by atoms with Crippen LogP contribution in [0.3, 0.4) is 0 Å². The van der Waals surface area contributed by atoms with E-state index in [9.17, 15) is 4.91 Å². The molecule has 0 unspecified atom stereocenters. The highest BCUT2D eigenvalue weighted by Gasteiger charge is 2.16. The SMILES string of the molecule is C#C.CCC.O=NO[C@@H]1CCOC1. The van der Waals surface area contributed by atoms with Gasteiger partial charge in [0, 0.05) is 6.42 Å². The van der Waals surface area contributed by atoms with E-state index in [1.165, 1.54) is 6.42 Å². The maximum absolute atomic E-state index is 9.43. The summed E-state index contributed by atoms with van der Waals surface area (Å²) in [6.07, 6.45) is 9.94. The molecule has 0 aromatic rings. The average Bonchev–Trinajstić information content (AvgIpc) is 2.63. The summed E-state index contributed by atoms with van der Waals surface area (Å²) in [4.78, 5) is 13.8. The van der Waals surface area contributed by atoms with Crippen molar-refractivity contribution in [3.63, 3.8) is 0 Å². The largest absolute Gasteiger partial charge is 0.377 e. The van der Waals surface area contributed by atoms with Crippen LogP contribution in [0.5, 0.6) is 0 Å². The summed E-state index contributed by atoms with van der Waals surface area (Å²) in [7, 11) is 0. The zero-order valence-corrected chi connectivity index (χ0v) is 8.23. The Morgan fingerprint density at radius 2 is 2.08 bits per heavy atom. The summed E-state index contributed by atoms with van der Waals surface area (Å²) in [5.41, 5.74) is 0. The molecule has 1 rings (SSSR count). The molecule has 0 saturated carbocycles. The average molecular weight is 187 g/mol. The summed E-state index contributed by atoms with van der Waals surface area (Å²) in [6, 6.07) is 0. The Morgan fingerprint density at radius 3 is 2.38 bits per heavy atom. The second-order valence-corrected chi connectivity index (χ2v) is 2.37. The molecule has 0 aliphatic carbocycles. The van der Waals surface area contributed by atoms with Crippen LogP contribution >= 0.6 is 0 Å². The Morgan fingerprint density at radius 1 is 1.54 bits per heavy atom. The van der Waals surface area contributed by atoms with Crippen molar-refractivity contribution in [1.82, 2.24) is 0 Å². The summed E-state index contributed by atoms with van der Waals surface area (Å²) in [5, 5.41) is 2.29. The Labute approximate surface area is 79.5 Å². The summed E-state index contributed by atoms with van der Waals surface area (Å²) < 4.78 is 4.89. The number of terminal acetylenes is 1. The first-order valence-electron chi connectivity index (χ1n) is 4.24. The van der Waals surface area contributed by atoms with Crippen molar-refractivity contribution >= 4 is 0 Å². The fourth-order valence-corrected chi connectivity index (χ4v) is 0.657. The van der Waals surface area contributed by atoms with Crippen molar-refractivity contribution < 1.29 is 9.57 Å². The lowest BCUT2D eigenvalue weighted by Gasteiger charge is -1.97. The van der Waals surface area contributed by atoms with E-state index in [1.54, 1.807) is 0 Å². The highest BCUT2D eigenvalue weighted by atomic mass is 16.7. The van der Waals surface area contributed by atoms with Gasteiger partial charge in [-0.3, -0.25) is 0 Å². The van der Waals surface area contributed by atoms with Crippen molar-refractivity contribution in [1.29, 1.82) is 0 Å². The van der Waals surface area contributed by atoms with E-state index >= 15 is 0 Å². The first kappa shape index (κ1) is 14.4. The standard InChI is InChI=1S/C4H7NO3.C3H8.C2H2/c6-5-8-4-1-2-7-3-4;1-3-2;1-2/h4H,1-3H2;3H2,1-2H3;1-2H/t4-;;/m1../s1. The van der Waals surface area contributed by atoms with Gasteiger partial charge in [0.05, 0.1) is 13.2 Å².